The zero-order valence-electron chi connectivity index (χ0n) is 9.12. The van der Waals surface area contributed by atoms with Gasteiger partial charge in [0.1, 0.15) is 0 Å². The zero-order chi connectivity index (χ0) is 10.1. The van der Waals surface area contributed by atoms with Crippen molar-refractivity contribution in [1.82, 2.24) is 10.2 Å². The summed E-state index contributed by atoms with van der Waals surface area (Å²) in [6.45, 7) is 6.06. The maximum absolute atomic E-state index is 11.8. The molecule has 2 rings (SSSR count). The predicted octanol–water partition coefficient (Wildman–Crippen LogP) is 0.995. The molecule has 2 aliphatic rings. The Kier molecular flexibility index (Phi) is 2.77. The minimum atomic E-state index is 0.368. The van der Waals surface area contributed by atoms with Crippen LogP contribution >= 0.6 is 0 Å². The molecule has 1 heterocycles. The van der Waals surface area contributed by atoms with Crippen molar-refractivity contribution in [3.63, 3.8) is 0 Å². The number of rotatable bonds is 2. The Morgan fingerprint density at radius 3 is 2.36 bits per heavy atom. The molecule has 3 nitrogen and oxygen atoms in total. The monoisotopic (exact) mass is 196 g/mol. The van der Waals surface area contributed by atoms with Crippen LogP contribution in [0.2, 0.25) is 0 Å². The largest absolute Gasteiger partial charge is 0.340 e. The fraction of sp³-hybridized carbons (Fsp3) is 0.909. The molecule has 2 unspecified atom stereocenters. The Morgan fingerprint density at radius 2 is 1.86 bits per heavy atom. The number of carbonyl (C=O) groups is 1. The summed E-state index contributed by atoms with van der Waals surface area (Å²) in [5.41, 5.74) is 0. The van der Waals surface area contributed by atoms with Gasteiger partial charge < -0.3 is 10.2 Å². The lowest BCUT2D eigenvalue weighted by molar-refractivity contribution is -0.133. The van der Waals surface area contributed by atoms with Crippen LogP contribution < -0.4 is 5.32 Å². The number of nitrogens with zero attached hydrogens (tertiary/aromatic N) is 1. The highest BCUT2D eigenvalue weighted by Gasteiger charge is 2.30. The van der Waals surface area contributed by atoms with E-state index in [0.29, 0.717) is 23.9 Å². The van der Waals surface area contributed by atoms with E-state index in [1.165, 1.54) is 12.8 Å². The standard InChI is InChI=1S/C11H20N2O/c1-8-6-13(7-9(2)12-8)11(14)5-10-3-4-10/h8-10,12H,3-7H2,1-2H3. The van der Waals surface area contributed by atoms with Crippen LogP contribution in [-0.4, -0.2) is 36.0 Å². The van der Waals surface area contributed by atoms with E-state index in [1.54, 1.807) is 0 Å². The smallest absolute Gasteiger partial charge is 0.222 e. The highest BCUT2D eigenvalue weighted by atomic mass is 16.2. The van der Waals surface area contributed by atoms with Gasteiger partial charge in [-0.25, -0.2) is 0 Å². The van der Waals surface area contributed by atoms with Gasteiger partial charge in [0.25, 0.3) is 0 Å². The van der Waals surface area contributed by atoms with Gasteiger partial charge in [0, 0.05) is 31.6 Å². The van der Waals surface area contributed by atoms with Crippen LogP contribution in [0.3, 0.4) is 0 Å². The summed E-state index contributed by atoms with van der Waals surface area (Å²) in [6, 6.07) is 0.892. The Morgan fingerprint density at radius 1 is 1.29 bits per heavy atom. The van der Waals surface area contributed by atoms with Crippen molar-refractivity contribution in [3.05, 3.63) is 0 Å². The van der Waals surface area contributed by atoms with Gasteiger partial charge in [0.15, 0.2) is 0 Å². The zero-order valence-corrected chi connectivity index (χ0v) is 9.12. The lowest BCUT2D eigenvalue weighted by Crippen LogP contribution is -2.55. The number of nitrogens with one attached hydrogen (secondary N) is 1. The molecule has 1 aliphatic carbocycles. The first-order chi connectivity index (χ1) is 6.65. The highest BCUT2D eigenvalue weighted by molar-refractivity contribution is 5.77. The third-order valence-corrected chi connectivity index (χ3v) is 3.07. The van der Waals surface area contributed by atoms with Gasteiger partial charge in [-0.3, -0.25) is 4.79 Å². The number of piperazine rings is 1. The van der Waals surface area contributed by atoms with Crippen molar-refractivity contribution in [2.24, 2.45) is 5.92 Å². The molecule has 0 aromatic heterocycles. The molecule has 0 radical (unpaired) electrons. The third kappa shape index (κ3) is 2.47. The van der Waals surface area contributed by atoms with Crippen LogP contribution in [0.5, 0.6) is 0 Å². The average Bonchev–Trinajstić information content (AvgIpc) is 2.86. The SMILES string of the molecule is CC1CN(C(=O)CC2CC2)CC(C)N1. The fourth-order valence-electron chi connectivity index (χ4n) is 2.23. The topological polar surface area (TPSA) is 32.3 Å². The van der Waals surface area contributed by atoms with E-state index in [-0.39, 0.29) is 0 Å². The Labute approximate surface area is 85.8 Å². The minimum absolute atomic E-state index is 0.368. The molecule has 3 heteroatoms. The van der Waals surface area contributed by atoms with Crippen LogP contribution in [0.4, 0.5) is 0 Å². The van der Waals surface area contributed by atoms with Crippen molar-refractivity contribution in [1.29, 1.82) is 0 Å². The van der Waals surface area contributed by atoms with E-state index in [2.05, 4.69) is 19.2 Å². The maximum atomic E-state index is 11.8. The number of hydrogen-bond acceptors (Lipinski definition) is 2. The normalized spacial score (nSPS) is 33.1. The molecule has 0 aromatic carbocycles. The van der Waals surface area contributed by atoms with Gasteiger partial charge in [-0.1, -0.05) is 0 Å². The van der Waals surface area contributed by atoms with Gasteiger partial charge >= 0.3 is 0 Å². The van der Waals surface area contributed by atoms with E-state index in [1.807, 2.05) is 4.90 Å². The van der Waals surface area contributed by atoms with Crippen molar-refractivity contribution >= 4 is 5.91 Å². The first-order valence-electron chi connectivity index (χ1n) is 5.69. The van der Waals surface area contributed by atoms with Crippen molar-refractivity contribution in [2.75, 3.05) is 13.1 Å². The quantitative estimate of drug-likeness (QED) is 0.714. The number of carbonyl (C=O) groups excluding carboxylic acids is 1. The number of hydrogen-bond donors (Lipinski definition) is 1. The van der Waals surface area contributed by atoms with Gasteiger partial charge in [-0.05, 0) is 32.6 Å². The van der Waals surface area contributed by atoms with Gasteiger partial charge in [-0.15, -0.1) is 0 Å². The third-order valence-electron chi connectivity index (χ3n) is 3.07. The van der Waals surface area contributed by atoms with Gasteiger partial charge in [-0.2, -0.15) is 0 Å². The maximum Gasteiger partial charge on any atom is 0.222 e. The molecule has 1 amide bonds. The van der Waals surface area contributed by atoms with E-state index >= 15 is 0 Å². The molecule has 0 spiro atoms. The second-order valence-corrected chi connectivity index (χ2v) is 4.91. The molecule has 0 aromatic rings. The summed E-state index contributed by atoms with van der Waals surface area (Å²) in [6.07, 6.45) is 3.32. The summed E-state index contributed by atoms with van der Waals surface area (Å²) < 4.78 is 0. The molecular formula is C11H20N2O. The summed E-state index contributed by atoms with van der Waals surface area (Å²) in [5.74, 6) is 1.08. The summed E-state index contributed by atoms with van der Waals surface area (Å²) in [5, 5.41) is 3.44. The molecule has 1 aliphatic heterocycles. The van der Waals surface area contributed by atoms with Gasteiger partial charge in [0.05, 0.1) is 0 Å². The summed E-state index contributed by atoms with van der Waals surface area (Å²) in [4.78, 5) is 13.9. The molecule has 80 valence electrons. The van der Waals surface area contributed by atoms with Crippen LogP contribution in [0.1, 0.15) is 33.1 Å². The lowest BCUT2D eigenvalue weighted by Gasteiger charge is -2.36. The molecule has 1 saturated heterocycles. The van der Waals surface area contributed by atoms with E-state index < -0.39 is 0 Å². The second-order valence-electron chi connectivity index (χ2n) is 4.91. The molecular weight excluding hydrogens is 176 g/mol. The van der Waals surface area contributed by atoms with Crippen molar-refractivity contribution in [3.8, 4) is 0 Å². The molecule has 14 heavy (non-hydrogen) atoms. The van der Waals surface area contributed by atoms with E-state index in [4.69, 9.17) is 0 Å². The van der Waals surface area contributed by atoms with Crippen molar-refractivity contribution < 1.29 is 4.79 Å². The van der Waals surface area contributed by atoms with Crippen LogP contribution in [0, 0.1) is 5.92 Å². The molecule has 2 atom stereocenters. The predicted molar refractivity (Wildman–Crippen MR) is 56.0 cm³/mol. The second kappa shape index (κ2) is 3.89. The van der Waals surface area contributed by atoms with Gasteiger partial charge in [0.2, 0.25) is 5.91 Å². The Hall–Kier alpha value is -0.570. The van der Waals surface area contributed by atoms with Crippen molar-refractivity contribution in [2.45, 2.75) is 45.2 Å². The van der Waals surface area contributed by atoms with E-state index in [9.17, 15) is 4.79 Å². The first kappa shape index (κ1) is 9.97. The van der Waals surface area contributed by atoms with Crippen LogP contribution in [0.25, 0.3) is 0 Å². The average molecular weight is 196 g/mol. The lowest BCUT2D eigenvalue weighted by atomic mass is 10.1. The molecule has 0 bridgehead atoms. The first-order valence-corrected chi connectivity index (χ1v) is 5.69. The highest BCUT2D eigenvalue weighted by Crippen LogP contribution is 2.33. The Balaban J connectivity index is 1.85. The minimum Gasteiger partial charge on any atom is -0.340 e. The molecule has 1 saturated carbocycles. The Bertz CT molecular complexity index is 215. The summed E-state index contributed by atoms with van der Waals surface area (Å²) >= 11 is 0. The fourth-order valence-corrected chi connectivity index (χ4v) is 2.23. The molecule has 1 N–H and O–H groups in total. The van der Waals surface area contributed by atoms with E-state index in [0.717, 1.165) is 19.5 Å². The number of amides is 1. The van der Waals surface area contributed by atoms with Crippen LogP contribution in [0.15, 0.2) is 0 Å². The molecule has 2 fully saturated rings. The summed E-state index contributed by atoms with van der Waals surface area (Å²) in [7, 11) is 0. The van der Waals surface area contributed by atoms with Crippen LogP contribution in [-0.2, 0) is 4.79 Å².